The Bertz CT molecular complexity index is 2080. The predicted molar refractivity (Wildman–Crippen MR) is 181 cm³/mol. The monoisotopic (exact) mass is 756 g/mol. The van der Waals surface area contributed by atoms with Crippen LogP contribution in [0.5, 0.6) is 34.5 Å². The number of aliphatic hydroxyl groups is 5. The Hall–Kier alpha value is -5.44. The van der Waals surface area contributed by atoms with Crippen LogP contribution in [0.25, 0.3) is 28.4 Å². The molecule has 2 fully saturated rings. The third-order valence-corrected chi connectivity index (χ3v) is 8.83. The molecule has 3 aromatic carbocycles. The number of carbonyl (C=O) groups is 1. The average Bonchev–Trinajstić information content (AvgIpc) is 3.13. The highest BCUT2D eigenvalue weighted by Crippen LogP contribution is 2.40. The summed E-state index contributed by atoms with van der Waals surface area (Å²) in [6, 6.07) is 11.1. The lowest BCUT2D eigenvalue weighted by Gasteiger charge is -2.45. The van der Waals surface area contributed by atoms with Gasteiger partial charge in [-0.1, -0.05) is 12.1 Å². The topological polar surface area (TPSA) is 296 Å². The van der Waals surface area contributed by atoms with Gasteiger partial charge in [0.05, 0.1) is 6.10 Å². The molecule has 288 valence electrons. The Morgan fingerprint density at radius 3 is 2.19 bits per heavy atom. The third-order valence-electron chi connectivity index (χ3n) is 8.83. The molecule has 2 aliphatic heterocycles. The molecule has 4 aromatic rings. The van der Waals surface area contributed by atoms with Gasteiger partial charge in [-0.25, -0.2) is 4.79 Å². The van der Waals surface area contributed by atoms with Gasteiger partial charge in [0.15, 0.2) is 29.7 Å². The summed E-state index contributed by atoms with van der Waals surface area (Å²) in [6.45, 7) is 0.691. The Morgan fingerprint density at radius 1 is 0.759 bits per heavy atom. The SMILES string of the molecule is C[C@@H]1O[C@@H](Oc2c(-c3ccc(O)c(O)c3)oc3cc(O)cc(O)c3c2=O)[C@H](O[C@@H]2O[C@H](COC(=O)/C=C/c3ccc(O)cc3)[C@@H](O)[C@H](O)[C@H]2O)[C@H](O)[C@H]1O. The van der Waals surface area contributed by atoms with Crippen molar-refractivity contribution in [1.82, 2.24) is 0 Å². The van der Waals surface area contributed by atoms with Gasteiger partial charge in [0.25, 0.3) is 0 Å². The highest BCUT2D eigenvalue weighted by molar-refractivity contribution is 5.88. The van der Waals surface area contributed by atoms with Crippen LogP contribution in [-0.4, -0.2) is 125 Å². The number of ether oxygens (including phenoxy) is 5. The van der Waals surface area contributed by atoms with Crippen LogP contribution in [0.2, 0.25) is 0 Å². The van der Waals surface area contributed by atoms with Gasteiger partial charge in [0.1, 0.15) is 71.4 Å². The molecule has 18 heteroatoms. The lowest BCUT2D eigenvalue weighted by molar-refractivity contribution is -0.355. The summed E-state index contributed by atoms with van der Waals surface area (Å²) in [5.41, 5.74) is -0.858. The number of aliphatic hydroxyl groups excluding tert-OH is 5. The molecule has 10 atom stereocenters. The second kappa shape index (κ2) is 15.5. The first-order valence-electron chi connectivity index (χ1n) is 16.3. The second-order valence-electron chi connectivity index (χ2n) is 12.6. The first kappa shape index (κ1) is 38.3. The number of esters is 1. The minimum atomic E-state index is -2.00. The van der Waals surface area contributed by atoms with E-state index in [1.165, 1.54) is 43.3 Å². The Kier molecular flexibility index (Phi) is 11.0. The molecule has 1 aromatic heterocycles. The molecule has 6 rings (SSSR count). The number of hydrogen-bond donors (Lipinski definition) is 10. The van der Waals surface area contributed by atoms with E-state index in [4.69, 9.17) is 28.1 Å². The van der Waals surface area contributed by atoms with Crippen LogP contribution >= 0.6 is 0 Å². The van der Waals surface area contributed by atoms with Gasteiger partial charge in [0, 0.05) is 23.8 Å². The third kappa shape index (κ3) is 7.77. The molecule has 3 heterocycles. The summed E-state index contributed by atoms with van der Waals surface area (Å²) in [6.07, 6.45) is -15.2. The lowest BCUT2D eigenvalue weighted by atomic mass is 9.97. The largest absolute Gasteiger partial charge is 0.508 e. The number of carbonyl (C=O) groups excluding carboxylic acids is 1. The molecule has 0 bridgehead atoms. The van der Waals surface area contributed by atoms with Crippen molar-refractivity contribution >= 4 is 23.0 Å². The van der Waals surface area contributed by atoms with Crippen molar-refractivity contribution in [3.63, 3.8) is 0 Å². The van der Waals surface area contributed by atoms with Gasteiger partial charge in [-0.3, -0.25) is 4.79 Å². The van der Waals surface area contributed by atoms with E-state index in [0.29, 0.717) is 5.56 Å². The van der Waals surface area contributed by atoms with E-state index in [-0.39, 0.29) is 16.9 Å². The Labute approximate surface area is 304 Å². The normalized spacial score (nSPS) is 28.6. The molecule has 0 spiro atoms. The standard InChI is InChI=1S/C36H36O18/c1-14-26(43)30(47)34(54-35-31(48)29(46)27(44)23(52-35)13-49-24(42)9-4-15-2-6-17(37)7-3-15)36(50-14)53-33-28(45)25-21(41)11-18(38)12-22(25)51-32(33)16-5-8-19(39)20(40)10-16/h2-12,14,23,26-27,29-31,34-41,43-44,46-48H,13H2,1H3/b9-4+/t14-,23+,26-,27+,29-,30+,31+,34+,35-,36-/m0/s1. The fourth-order valence-electron chi connectivity index (χ4n) is 5.87. The molecule has 0 unspecified atom stereocenters. The van der Waals surface area contributed by atoms with Crippen molar-refractivity contribution in [2.75, 3.05) is 6.61 Å². The lowest BCUT2D eigenvalue weighted by Crippen LogP contribution is -2.64. The van der Waals surface area contributed by atoms with E-state index < -0.39 is 119 Å². The van der Waals surface area contributed by atoms with Gasteiger partial charge in [-0.15, -0.1) is 0 Å². The molecule has 10 N–H and O–H groups in total. The van der Waals surface area contributed by atoms with Crippen molar-refractivity contribution < 1.29 is 84.0 Å². The zero-order valence-electron chi connectivity index (χ0n) is 28.1. The van der Waals surface area contributed by atoms with Crippen LogP contribution < -0.4 is 10.2 Å². The number of benzene rings is 3. The number of fused-ring (bicyclic) bond motifs is 1. The fraction of sp³-hybridized carbons (Fsp3) is 0.333. The summed E-state index contributed by atoms with van der Waals surface area (Å²) in [5.74, 6) is -4.31. The van der Waals surface area contributed by atoms with Crippen molar-refractivity contribution in [2.45, 2.75) is 68.3 Å². The molecule has 2 aliphatic rings. The van der Waals surface area contributed by atoms with Crippen LogP contribution in [0, 0.1) is 0 Å². The van der Waals surface area contributed by atoms with Crippen LogP contribution in [0.1, 0.15) is 12.5 Å². The van der Waals surface area contributed by atoms with E-state index in [1.54, 1.807) is 0 Å². The Morgan fingerprint density at radius 2 is 1.48 bits per heavy atom. The minimum Gasteiger partial charge on any atom is -0.508 e. The number of rotatable bonds is 9. The quantitative estimate of drug-likeness (QED) is 0.0623. The summed E-state index contributed by atoms with van der Waals surface area (Å²) in [7, 11) is 0. The smallest absolute Gasteiger partial charge is 0.330 e. The average molecular weight is 757 g/mol. The van der Waals surface area contributed by atoms with Crippen molar-refractivity contribution in [1.29, 1.82) is 0 Å². The van der Waals surface area contributed by atoms with Crippen LogP contribution in [0.4, 0.5) is 0 Å². The van der Waals surface area contributed by atoms with E-state index in [1.807, 2.05) is 0 Å². The first-order valence-corrected chi connectivity index (χ1v) is 16.3. The molecule has 0 radical (unpaired) electrons. The van der Waals surface area contributed by atoms with Gasteiger partial charge >= 0.3 is 5.97 Å². The van der Waals surface area contributed by atoms with E-state index in [2.05, 4.69) is 0 Å². The summed E-state index contributed by atoms with van der Waals surface area (Å²) >= 11 is 0. The van der Waals surface area contributed by atoms with E-state index >= 15 is 0 Å². The number of hydrogen-bond acceptors (Lipinski definition) is 18. The number of phenols is 5. The molecule has 0 aliphatic carbocycles. The second-order valence-corrected chi connectivity index (χ2v) is 12.6. The zero-order valence-corrected chi connectivity index (χ0v) is 28.1. The van der Waals surface area contributed by atoms with E-state index in [0.717, 1.165) is 30.3 Å². The predicted octanol–water partition coefficient (Wildman–Crippen LogP) is 0.283. The minimum absolute atomic E-state index is 0.0198. The molecule has 2 saturated heterocycles. The zero-order chi connectivity index (χ0) is 39.0. The van der Waals surface area contributed by atoms with Crippen molar-refractivity contribution in [3.05, 3.63) is 76.5 Å². The molecule has 18 nitrogen and oxygen atoms in total. The van der Waals surface area contributed by atoms with E-state index in [9.17, 15) is 60.7 Å². The first-order chi connectivity index (χ1) is 25.6. The maximum atomic E-state index is 13.9. The molecular weight excluding hydrogens is 720 g/mol. The van der Waals surface area contributed by atoms with Crippen LogP contribution in [0.3, 0.4) is 0 Å². The van der Waals surface area contributed by atoms with Crippen molar-refractivity contribution in [2.24, 2.45) is 0 Å². The maximum Gasteiger partial charge on any atom is 0.330 e. The summed E-state index contributed by atoms with van der Waals surface area (Å²) < 4.78 is 34.2. The highest BCUT2D eigenvalue weighted by atomic mass is 16.8. The molecule has 54 heavy (non-hydrogen) atoms. The number of phenolic OH excluding ortho intramolecular Hbond substituents is 5. The van der Waals surface area contributed by atoms with Gasteiger partial charge < -0.3 is 79.2 Å². The number of aromatic hydroxyl groups is 5. The van der Waals surface area contributed by atoms with Crippen LogP contribution in [0.15, 0.2) is 69.9 Å². The molecular formula is C36H36O18. The Balaban J connectivity index is 1.28. The van der Waals surface area contributed by atoms with Gasteiger partial charge in [0.2, 0.25) is 17.5 Å². The van der Waals surface area contributed by atoms with Gasteiger partial charge in [-0.05, 0) is 48.9 Å². The van der Waals surface area contributed by atoms with Gasteiger partial charge in [-0.2, -0.15) is 0 Å². The van der Waals surface area contributed by atoms with Crippen molar-refractivity contribution in [3.8, 4) is 45.8 Å². The fourth-order valence-corrected chi connectivity index (χ4v) is 5.87. The molecule has 0 saturated carbocycles. The highest BCUT2D eigenvalue weighted by Gasteiger charge is 2.51. The summed E-state index contributed by atoms with van der Waals surface area (Å²) in [5, 5.41) is 104. The van der Waals surface area contributed by atoms with Crippen LogP contribution in [-0.2, 0) is 23.7 Å². The maximum absolute atomic E-state index is 13.9. The molecule has 0 amide bonds. The summed E-state index contributed by atoms with van der Waals surface area (Å²) in [4.78, 5) is 26.3.